The van der Waals surface area contributed by atoms with Gasteiger partial charge in [-0.3, -0.25) is 20.0 Å². The fourth-order valence-electron chi connectivity index (χ4n) is 3.00. The third-order valence-corrected chi connectivity index (χ3v) is 7.64. The molecular weight excluding hydrogens is 499 g/mol. The van der Waals surface area contributed by atoms with Crippen LogP contribution < -0.4 is 5.14 Å². The molecular formula is C19H18Cl2N4O3S3. The molecule has 1 fully saturated rings. The van der Waals surface area contributed by atoms with Crippen molar-refractivity contribution in [2.24, 2.45) is 5.14 Å². The van der Waals surface area contributed by atoms with Crippen LogP contribution in [0, 0.1) is 10.1 Å². The molecule has 164 valence electrons. The largest absolute Gasteiger partial charge is 0.354 e. The molecule has 1 saturated heterocycles. The normalized spacial score (nSPS) is 13.9. The maximum Gasteiger partial charge on any atom is 0.269 e. The zero-order chi connectivity index (χ0) is 22.5. The number of hydrogen-bond donors (Lipinski definition) is 1. The Balaban J connectivity index is 1.53. The first-order valence-electron chi connectivity index (χ1n) is 9.10. The lowest BCUT2D eigenvalue weighted by molar-refractivity contribution is -0.384. The summed E-state index contributed by atoms with van der Waals surface area (Å²) in [6.07, 6.45) is 0. The summed E-state index contributed by atoms with van der Waals surface area (Å²) in [5, 5.41) is 17.0. The molecule has 3 rings (SSSR count). The Labute approximate surface area is 203 Å². The number of benzene rings is 2. The van der Waals surface area contributed by atoms with Gasteiger partial charge in [-0.1, -0.05) is 59.3 Å². The third-order valence-electron chi connectivity index (χ3n) is 4.71. The maximum absolute atomic E-state index is 12.9. The molecule has 2 aromatic carbocycles. The van der Waals surface area contributed by atoms with E-state index in [1.165, 1.54) is 30.0 Å². The molecule has 0 bridgehead atoms. The van der Waals surface area contributed by atoms with E-state index in [0.717, 1.165) is 21.8 Å². The Kier molecular flexibility index (Phi) is 8.43. The summed E-state index contributed by atoms with van der Waals surface area (Å²) < 4.78 is 0.733. The van der Waals surface area contributed by atoms with Gasteiger partial charge in [0, 0.05) is 49.0 Å². The third kappa shape index (κ3) is 6.03. The van der Waals surface area contributed by atoms with Crippen LogP contribution in [0.3, 0.4) is 0 Å². The molecule has 2 N–H and O–H groups in total. The Morgan fingerprint density at radius 3 is 2.29 bits per heavy atom. The van der Waals surface area contributed by atoms with Crippen LogP contribution in [0.1, 0.15) is 15.9 Å². The minimum absolute atomic E-state index is 0.0649. The first kappa shape index (κ1) is 24.1. The standard InChI is InChI=1S/C19H18Cl2N4O3S3/c20-15-10-16(21)17(31-22)9-14(15)18(26)23-5-7-24(8-6-23)19(29)30-11-12-1-3-13(4-2-12)25(27)28/h1-4,9-10H,5-8,11,22H2. The number of rotatable bonds is 5. The Morgan fingerprint density at radius 1 is 1.10 bits per heavy atom. The fourth-order valence-corrected chi connectivity index (χ4v) is 5.16. The van der Waals surface area contributed by atoms with Gasteiger partial charge in [0.2, 0.25) is 0 Å². The lowest BCUT2D eigenvalue weighted by Gasteiger charge is -2.36. The van der Waals surface area contributed by atoms with Gasteiger partial charge in [0.15, 0.2) is 0 Å². The number of amides is 1. The Bertz CT molecular complexity index is 1000. The second-order valence-electron chi connectivity index (χ2n) is 6.64. The topological polar surface area (TPSA) is 92.7 Å². The molecule has 0 aromatic heterocycles. The van der Waals surface area contributed by atoms with Crippen molar-refractivity contribution in [3.63, 3.8) is 0 Å². The maximum atomic E-state index is 12.9. The average molecular weight is 517 g/mol. The number of thioether (sulfide) groups is 1. The van der Waals surface area contributed by atoms with Gasteiger partial charge in [-0.2, -0.15) is 0 Å². The summed E-state index contributed by atoms with van der Waals surface area (Å²) in [6, 6.07) is 9.59. The zero-order valence-electron chi connectivity index (χ0n) is 16.1. The number of halogens is 2. The number of carbonyl (C=O) groups is 1. The monoisotopic (exact) mass is 516 g/mol. The molecule has 31 heavy (non-hydrogen) atoms. The first-order valence-corrected chi connectivity index (χ1v) is 12.1. The quantitative estimate of drug-likeness (QED) is 0.261. The predicted molar refractivity (Wildman–Crippen MR) is 131 cm³/mol. The summed E-state index contributed by atoms with van der Waals surface area (Å²) in [5.41, 5.74) is 1.40. The number of nitro groups is 1. The van der Waals surface area contributed by atoms with Gasteiger partial charge in [-0.15, -0.1) is 0 Å². The lowest BCUT2D eigenvalue weighted by Crippen LogP contribution is -2.49. The van der Waals surface area contributed by atoms with Gasteiger partial charge in [-0.25, -0.2) is 0 Å². The number of piperazine rings is 1. The van der Waals surface area contributed by atoms with Gasteiger partial charge >= 0.3 is 0 Å². The highest BCUT2D eigenvalue weighted by Crippen LogP contribution is 2.31. The molecule has 0 saturated carbocycles. The SMILES string of the molecule is NSc1cc(C(=O)N2CCN(C(=S)SCc3ccc([N+](=O)[O-])cc3)CC2)c(Cl)cc1Cl. The van der Waals surface area contributed by atoms with Crippen LogP contribution in [-0.4, -0.2) is 51.1 Å². The predicted octanol–water partition coefficient (Wildman–Crippen LogP) is 4.84. The van der Waals surface area contributed by atoms with Crippen molar-refractivity contribution >= 4 is 75.0 Å². The molecule has 0 unspecified atom stereocenters. The molecule has 1 amide bonds. The van der Waals surface area contributed by atoms with Gasteiger partial charge in [-0.05, 0) is 29.6 Å². The number of non-ortho nitro benzene ring substituents is 1. The zero-order valence-corrected chi connectivity index (χ0v) is 20.1. The summed E-state index contributed by atoms with van der Waals surface area (Å²) in [5.74, 6) is 0.455. The van der Waals surface area contributed by atoms with E-state index >= 15 is 0 Å². The van der Waals surface area contributed by atoms with Crippen molar-refractivity contribution in [2.75, 3.05) is 26.2 Å². The van der Waals surface area contributed by atoms with Crippen LogP contribution in [0.2, 0.25) is 10.0 Å². The summed E-state index contributed by atoms with van der Waals surface area (Å²) in [6.45, 7) is 2.26. The van der Waals surface area contributed by atoms with E-state index in [4.69, 9.17) is 40.6 Å². The van der Waals surface area contributed by atoms with Crippen molar-refractivity contribution in [3.05, 3.63) is 67.7 Å². The van der Waals surface area contributed by atoms with E-state index in [0.29, 0.717) is 52.4 Å². The summed E-state index contributed by atoms with van der Waals surface area (Å²) >= 11 is 20.3. The average Bonchev–Trinajstić information content (AvgIpc) is 2.77. The molecule has 0 radical (unpaired) electrons. The minimum Gasteiger partial charge on any atom is -0.354 e. The smallest absolute Gasteiger partial charge is 0.269 e. The van der Waals surface area contributed by atoms with Crippen molar-refractivity contribution in [1.82, 2.24) is 9.80 Å². The second-order valence-corrected chi connectivity index (χ2v) is 9.74. The Morgan fingerprint density at radius 2 is 1.71 bits per heavy atom. The number of nitrogens with zero attached hydrogens (tertiary/aromatic N) is 3. The van der Waals surface area contributed by atoms with Crippen molar-refractivity contribution < 1.29 is 9.72 Å². The number of nitrogens with two attached hydrogens (primary N) is 1. The molecule has 2 aromatic rings. The Hall–Kier alpha value is -1.56. The molecule has 7 nitrogen and oxygen atoms in total. The molecule has 1 heterocycles. The van der Waals surface area contributed by atoms with E-state index in [9.17, 15) is 14.9 Å². The molecule has 1 aliphatic heterocycles. The fraction of sp³-hybridized carbons (Fsp3) is 0.263. The van der Waals surface area contributed by atoms with Crippen LogP contribution >= 0.6 is 59.1 Å². The minimum atomic E-state index is -0.421. The van der Waals surface area contributed by atoms with Gasteiger partial charge in [0.05, 0.1) is 20.5 Å². The van der Waals surface area contributed by atoms with Gasteiger partial charge in [0.1, 0.15) is 4.32 Å². The van der Waals surface area contributed by atoms with E-state index < -0.39 is 4.92 Å². The lowest BCUT2D eigenvalue weighted by atomic mass is 10.2. The van der Waals surface area contributed by atoms with Crippen LogP contribution in [0.4, 0.5) is 5.69 Å². The van der Waals surface area contributed by atoms with Crippen molar-refractivity contribution in [1.29, 1.82) is 0 Å². The van der Waals surface area contributed by atoms with Crippen LogP contribution in [-0.2, 0) is 5.75 Å². The molecule has 1 aliphatic rings. The van der Waals surface area contributed by atoms with E-state index in [1.807, 2.05) is 0 Å². The first-order chi connectivity index (χ1) is 14.8. The van der Waals surface area contributed by atoms with Gasteiger partial charge < -0.3 is 9.80 Å². The van der Waals surface area contributed by atoms with Crippen LogP contribution in [0.5, 0.6) is 0 Å². The summed E-state index contributed by atoms with van der Waals surface area (Å²) in [4.78, 5) is 27.6. The van der Waals surface area contributed by atoms with E-state index in [2.05, 4.69) is 4.90 Å². The van der Waals surface area contributed by atoms with Crippen molar-refractivity contribution in [3.8, 4) is 0 Å². The number of thiocarbonyl (C=S) groups is 1. The molecule has 12 heteroatoms. The highest BCUT2D eigenvalue weighted by Gasteiger charge is 2.25. The highest BCUT2D eigenvalue weighted by atomic mass is 35.5. The van der Waals surface area contributed by atoms with Gasteiger partial charge in [0.25, 0.3) is 11.6 Å². The second kappa shape index (κ2) is 10.8. The molecule has 0 atom stereocenters. The molecule has 0 spiro atoms. The van der Waals surface area contributed by atoms with E-state index in [-0.39, 0.29) is 11.6 Å². The number of carbonyl (C=O) groups excluding carboxylic acids is 1. The van der Waals surface area contributed by atoms with Crippen LogP contribution in [0.25, 0.3) is 0 Å². The summed E-state index contributed by atoms with van der Waals surface area (Å²) in [7, 11) is 0. The number of hydrogen-bond acceptors (Lipinski definition) is 7. The van der Waals surface area contributed by atoms with Crippen molar-refractivity contribution in [2.45, 2.75) is 10.6 Å². The number of nitro benzene ring substituents is 1. The van der Waals surface area contributed by atoms with E-state index in [1.54, 1.807) is 23.1 Å². The molecule has 0 aliphatic carbocycles. The highest BCUT2D eigenvalue weighted by molar-refractivity contribution is 8.22. The van der Waals surface area contributed by atoms with Crippen LogP contribution in [0.15, 0.2) is 41.3 Å².